The van der Waals surface area contributed by atoms with Crippen LogP contribution in [0.1, 0.15) is 20.3 Å². The number of ether oxygens (including phenoxy) is 4. The molecule has 0 fully saturated rings. The minimum Gasteiger partial charge on any atom is -0.382 e. The highest BCUT2D eigenvalue weighted by Crippen LogP contribution is 1.97. The molecular formula is C14H29NO5. The molecule has 1 amide bonds. The third kappa shape index (κ3) is 11.2. The van der Waals surface area contributed by atoms with E-state index < -0.39 is 0 Å². The van der Waals surface area contributed by atoms with Crippen LogP contribution in [0.2, 0.25) is 0 Å². The molecule has 0 aromatic heterocycles. The Hall–Kier alpha value is -0.690. The van der Waals surface area contributed by atoms with Crippen LogP contribution in [0.5, 0.6) is 0 Å². The zero-order valence-corrected chi connectivity index (χ0v) is 13.1. The van der Waals surface area contributed by atoms with Gasteiger partial charge < -0.3 is 23.8 Å². The fourth-order valence-electron chi connectivity index (χ4n) is 1.56. The summed E-state index contributed by atoms with van der Waals surface area (Å²) in [6.45, 7) is 8.98. The summed E-state index contributed by atoms with van der Waals surface area (Å²) in [5, 5.41) is 0. The number of methoxy groups -OCH3 is 1. The van der Waals surface area contributed by atoms with Crippen LogP contribution in [0.15, 0.2) is 0 Å². The Morgan fingerprint density at radius 1 is 0.850 bits per heavy atom. The highest BCUT2D eigenvalue weighted by molar-refractivity contribution is 5.76. The van der Waals surface area contributed by atoms with Crippen molar-refractivity contribution < 1.29 is 23.7 Å². The molecule has 0 heterocycles. The maximum Gasteiger partial charge on any atom is 0.225 e. The number of carbonyl (C=O) groups excluding carboxylic acids is 1. The van der Waals surface area contributed by atoms with Crippen molar-refractivity contribution in [1.29, 1.82) is 0 Å². The molecule has 0 bridgehead atoms. The molecule has 0 aliphatic carbocycles. The molecule has 6 nitrogen and oxygen atoms in total. The van der Waals surface area contributed by atoms with Crippen LogP contribution in [0.4, 0.5) is 0 Å². The first kappa shape index (κ1) is 19.3. The third-order valence-electron chi connectivity index (χ3n) is 2.66. The van der Waals surface area contributed by atoms with Crippen LogP contribution in [-0.4, -0.2) is 77.3 Å². The fraction of sp³-hybridized carbons (Fsp3) is 0.929. The Kier molecular flexibility index (Phi) is 14.2. The van der Waals surface area contributed by atoms with Crippen molar-refractivity contribution in [2.24, 2.45) is 0 Å². The number of carbonyl (C=O) groups is 1. The molecule has 0 N–H and O–H groups in total. The van der Waals surface area contributed by atoms with Gasteiger partial charge in [0.15, 0.2) is 0 Å². The first-order valence-corrected chi connectivity index (χ1v) is 7.26. The van der Waals surface area contributed by atoms with Crippen LogP contribution in [-0.2, 0) is 23.7 Å². The van der Waals surface area contributed by atoms with Crippen molar-refractivity contribution in [3.05, 3.63) is 0 Å². The number of rotatable bonds is 14. The molecule has 0 aromatic rings. The second kappa shape index (κ2) is 14.7. The average molecular weight is 291 g/mol. The summed E-state index contributed by atoms with van der Waals surface area (Å²) in [5.41, 5.74) is 0. The van der Waals surface area contributed by atoms with E-state index in [0.29, 0.717) is 65.8 Å². The minimum absolute atomic E-state index is 0.0711. The maximum atomic E-state index is 12.1. The quantitative estimate of drug-likeness (QED) is 0.446. The summed E-state index contributed by atoms with van der Waals surface area (Å²) < 4.78 is 20.8. The van der Waals surface area contributed by atoms with E-state index in [9.17, 15) is 4.79 Å². The number of nitrogens with zero attached hydrogens (tertiary/aromatic N) is 1. The Balaban J connectivity index is 3.91. The molecular weight excluding hydrogens is 262 g/mol. The fourth-order valence-corrected chi connectivity index (χ4v) is 1.56. The zero-order chi connectivity index (χ0) is 15.1. The van der Waals surface area contributed by atoms with Gasteiger partial charge >= 0.3 is 0 Å². The molecule has 0 radical (unpaired) electrons. The molecule has 0 saturated heterocycles. The van der Waals surface area contributed by atoms with E-state index in [1.54, 1.807) is 12.0 Å². The van der Waals surface area contributed by atoms with Crippen molar-refractivity contribution in [1.82, 2.24) is 4.90 Å². The molecule has 0 spiro atoms. The summed E-state index contributed by atoms with van der Waals surface area (Å²) in [6, 6.07) is 0. The molecule has 0 saturated carbocycles. The van der Waals surface area contributed by atoms with Gasteiger partial charge in [0.25, 0.3) is 0 Å². The predicted molar refractivity (Wildman–Crippen MR) is 76.9 cm³/mol. The van der Waals surface area contributed by atoms with Crippen LogP contribution >= 0.6 is 0 Å². The first-order chi connectivity index (χ1) is 9.76. The van der Waals surface area contributed by atoms with Crippen molar-refractivity contribution in [3.8, 4) is 0 Å². The summed E-state index contributed by atoms with van der Waals surface area (Å²) in [5.74, 6) is 0.0711. The molecule has 120 valence electrons. The minimum atomic E-state index is 0.0711. The van der Waals surface area contributed by atoms with Crippen molar-refractivity contribution in [2.45, 2.75) is 20.3 Å². The first-order valence-electron chi connectivity index (χ1n) is 7.26. The van der Waals surface area contributed by atoms with E-state index in [-0.39, 0.29) is 5.91 Å². The lowest BCUT2D eigenvalue weighted by Crippen LogP contribution is -2.37. The molecule has 0 rings (SSSR count). The molecule has 0 atom stereocenters. The second-order valence-electron chi connectivity index (χ2n) is 4.13. The number of hydrogen-bond acceptors (Lipinski definition) is 5. The average Bonchev–Trinajstić information content (AvgIpc) is 2.45. The van der Waals surface area contributed by atoms with Gasteiger partial charge in [0.05, 0.1) is 39.5 Å². The third-order valence-corrected chi connectivity index (χ3v) is 2.66. The lowest BCUT2D eigenvalue weighted by Gasteiger charge is -2.22. The molecule has 0 aromatic carbocycles. The van der Waals surface area contributed by atoms with Gasteiger partial charge in [0.2, 0.25) is 5.91 Å². The highest BCUT2D eigenvalue weighted by Gasteiger charge is 2.12. The number of hydrogen-bond donors (Lipinski definition) is 0. The molecule has 20 heavy (non-hydrogen) atoms. The lowest BCUT2D eigenvalue weighted by molar-refractivity contribution is -0.134. The summed E-state index contributed by atoms with van der Waals surface area (Å²) in [7, 11) is 1.62. The van der Waals surface area contributed by atoms with Gasteiger partial charge in [-0.1, -0.05) is 0 Å². The summed E-state index contributed by atoms with van der Waals surface area (Å²) in [6.07, 6.45) is 0.377. The SMILES string of the molecule is CCOCCN(CCOCC)C(=O)CCOCCOC. The van der Waals surface area contributed by atoms with E-state index in [4.69, 9.17) is 18.9 Å². The molecule has 0 aliphatic rings. The maximum absolute atomic E-state index is 12.1. The van der Waals surface area contributed by atoms with Gasteiger partial charge in [0.1, 0.15) is 0 Å². The van der Waals surface area contributed by atoms with Crippen LogP contribution in [0, 0.1) is 0 Å². The van der Waals surface area contributed by atoms with E-state index in [1.165, 1.54) is 0 Å². The summed E-state index contributed by atoms with van der Waals surface area (Å²) in [4.78, 5) is 13.8. The smallest absolute Gasteiger partial charge is 0.225 e. The zero-order valence-electron chi connectivity index (χ0n) is 13.1. The van der Waals surface area contributed by atoms with Gasteiger partial charge in [-0.05, 0) is 13.8 Å². The van der Waals surface area contributed by atoms with Gasteiger partial charge in [-0.2, -0.15) is 0 Å². The topological polar surface area (TPSA) is 57.2 Å². The van der Waals surface area contributed by atoms with Crippen LogP contribution < -0.4 is 0 Å². The number of amides is 1. The molecule has 0 unspecified atom stereocenters. The van der Waals surface area contributed by atoms with Gasteiger partial charge in [0, 0.05) is 33.4 Å². The predicted octanol–water partition coefficient (Wildman–Crippen LogP) is 0.941. The van der Waals surface area contributed by atoms with Crippen LogP contribution in [0.25, 0.3) is 0 Å². The van der Waals surface area contributed by atoms with Crippen molar-refractivity contribution in [3.63, 3.8) is 0 Å². The van der Waals surface area contributed by atoms with E-state index >= 15 is 0 Å². The van der Waals surface area contributed by atoms with Gasteiger partial charge in [-0.15, -0.1) is 0 Å². The van der Waals surface area contributed by atoms with E-state index in [2.05, 4.69) is 0 Å². The van der Waals surface area contributed by atoms with E-state index in [0.717, 1.165) is 0 Å². The Morgan fingerprint density at radius 3 is 1.95 bits per heavy atom. The summed E-state index contributed by atoms with van der Waals surface area (Å²) >= 11 is 0. The van der Waals surface area contributed by atoms with Crippen molar-refractivity contribution in [2.75, 3.05) is 66.4 Å². The largest absolute Gasteiger partial charge is 0.382 e. The standard InChI is InChI=1S/C14H29NO5/c1-4-18-10-7-15(8-11-19-5-2)14(16)6-9-20-13-12-17-3/h4-13H2,1-3H3. The van der Waals surface area contributed by atoms with E-state index in [1.807, 2.05) is 13.8 Å². The highest BCUT2D eigenvalue weighted by atomic mass is 16.5. The second-order valence-corrected chi connectivity index (χ2v) is 4.13. The van der Waals surface area contributed by atoms with Gasteiger partial charge in [-0.3, -0.25) is 4.79 Å². The van der Waals surface area contributed by atoms with Crippen LogP contribution in [0.3, 0.4) is 0 Å². The normalized spacial score (nSPS) is 10.8. The molecule has 6 heteroatoms. The van der Waals surface area contributed by atoms with Crippen molar-refractivity contribution >= 4 is 5.91 Å². The molecule has 0 aliphatic heterocycles. The Labute approximate surface area is 122 Å². The van der Waals surface area contributed by atoms with Gasteiger partial charge in [-0.25, -0.2) is 0 Å². The lowest BCUT2D eigenvalue weighted by atomic mass is 10.3. The Morgan fingerprint density at radius 2 is 1.45 bits per heavy atom. The Bertz CT molecular complexity index is 216. The monoisotopic (exact) mass is 291 g/mol.